The zero-order chi connectivity index (χ0) is 14.6. The van der Waals surface area contributed by atoms with E-state index >= 15 is 0 Å². The summed E-state index contributed by atoms with van der Waals surface area (Å²) in [6, 6.07) is 6.51. The third-order valence-corrected chi connectivity index (χ3v) is 3.26. The number of rotatable bonds is 3. The molecule has 104 valence electrons. The maximum absolute atomic E-state index is 11.9. The molecule has 0 aliphatic rings. The van der Waals surface area contributed by atoms with E-state index in [-0.39, 0.29) is 6.04 Å². The first kappa shape index (κ1) is 15.8. The Labute approximate surface area is 122 Å². The first-order valence-electron chi connectivity index (χ1n) is 5.80. The zero-order valence-corrected chi connectivity index (χ0v) is 12.5. The van der Waals surface area contributed by atoms with E-state index in [0.717, 1.165) is 5.56 Å². The molecule has 0 bridgehead atoms. The molecule has 0 spiro atoms. The van der Waals surface area contributed by atoms with Crippen molar-refractivity contribution in [3.63, 3.8) is 0 Å². The number of carbonyl (C=O) groups excluding carboxylic acids is 2. The Hall–Kier alpha value is -1.26. The number of amides is 3. The van der Waals surface area contributed by atoms with Gasteiger partial charge in [0.25, 0.3) is 0 Å². The summed E-state index contributed by atoms with van der Waals surface area (Å²) in [6.07, 6.45) is 0. The van der Waals surface area contributed by atoms with Gasteiger partial charge in [0.05, 0.1) is 6.04 Å². The van der Waals surface area contributed by atoms with Crippen LogP contribution in [0, 0.1) is 0 Å². The maximum atomic E-state index is 11.9. The Balaban J connectivity index is 2.74. The highest BCUT2D eigenvalue weighted by molar-refractivity contribution is 6.31. The number of hydrogen-bond acceptors (Lipinski definition) is 2. The number of urea groups is 1. The van der Waals surface area contributed by atoms with Crippen LogP contribution in [0.25, 0.3) is 0 Å². The first-order valence-corrected chi connectivity index (χ1v) is 6.61. The molecule has 0 aromatic heterocycles. The quantitative estimate of drug-likeness (QED) is 0.872. The maximum Gasteiger partial charge on any atom is 0.324 e. The lowest BCUT2D eigenvalue weighted by atomic mass is 10.1. The lowest BCUT2D eigenvalue weighted by Gasteiger charge is -2.25. The monoisotopic (exact) mass is 302 g/mol. The second-order valence-corrected chi connectivity index (χ2v) is 5.34. The van der Waals surface area contributed by atoms with Crippen LogP contribution in [0.3, 0.4) is 0 Å². The molecular formula is C13H16Cl2N2O2. The number of nitrogens with one attached hydrogen (secondary N) is 1. The predicted molar refractivity (Wildman–Crippen MR) is 76.5 cm³/mol. The van der Waals surface area contributed by atoms with E-state index in [1.54, 1.807) is 19.2 Å². The lowest BCUT2D eigenvalue weighted by Crippen LogP contribution is -2.44. The van der Waals surface area contributed by atoms with E-state index < -0.39 is 17.3 Å². The van der Waals surface area contributed by atoms with Crippen LogP contribution >= 0.6 is 23.2 Å². The average Bonchev–Trinajstić information content (AvgIpc) is 2.36. The molecule has 0 fully saturated rings. The van der Waals surface area contributed by atoms with Crippen LogP contribution < -0.4 is 5.32 Å². The van der Waals surface area contributed by atoms with Crippen molar-refractivity contribution in [1.29, 1.82) is 0 Å². The van der Waals surface area contributed by atoms with Crippen molar-refractivity contribution >= 4 is 35.1 Å². The summed E-state index contributed by atoms with van der Waals surface area (Å²) in [6.45, 7) is 3.35. The van der Waals surface area contributed by atoms with Crippen LogP contribution in [-0.2, 0) is 4.79 Å². The molecule has 0 saturated carbocycles. The summed E-state index contributed by atoms with van der Waals surface area (Å²) >= 11 is 11.5. The second-order valence-electron chi connectivity index (χ2n) is 4.25. The SMILES string of the molecule is CC(Cl)C(=O)NC(=O)N(C)C(C)c1cccc(Cl)c1. The molecule has 4 nitrogen and oxygen atoms in total. The number of imide groups is 1. The standard InChI is InChI=1S/C13H16Cl2N2O2/c1-8(14)12(18)16-13(19)17(3)9(2)10-5-4-6-11(15)7-10/h4-9H,1-3H3,(H,16,18,19). The third-order valence-electron chi connectivity index (χ3n) is 2.82. The minimum absolute atomic E-state index is 0.211. The molecule has 1 rings (SSSR count). The number of benzene rings is 1. The van der Waals surface area contributed by atoms with E-state index in [2.05, 4.69) is 5.32 Å². The van der Waals surface area contributed by atoms with Crippen molar-refractivity contribution < 1.29 is 9.59 Å². The van der Waals surface area contributed by atoms with Crippen molar-refractivity contribution in [3.8, 4) is 0 Å². The van der Waals surface area contributed by atoms with E-state index in [1.165, 1.54) is 11.8 Å². The average molecular weight is 303 g/mol. The summed E-state index contributed by atoms with van der Waals surface area (Å²) in [5.74, 6) is -0.517. The molecule has 0 aliphatic carbocycles. The largest absolute Gasteiger partial charge is 0.324 e. The van der Waals surface area contributed by atoms with Crippen LogP contribution in [0.5, 0.6) is 0 Å². The van der Waals surface area contributed by atoms with Crippen molar-refractivity contribution in [3.05, 3.63) is 34.9 Å². The van der Waals surface area contributed by atoms with E-state index in [9.17, 15) is 9.59 Å². The Morgan fingerprint density at radius 1 is 1.32 bits per heavy atom. The fourth-order valence-electron chi connectivity index (χ4n) is 1.46. The summed E-state index contributed by atoms with van der Waals surface area (Å²) < 4.78 is 0. The molecule has 3 amide bonds. The van der Waals surface area contributed by atoms with Crippen LogP contribution in [-0.4, -0.2) is 29.3 Å². The van der Waals surface area contributed by atoms with Crippen molar-refractivity contribution in [2.75, 3.05) is 7.05 Å². The molecule has 0 saturated heterocycles. The Morgan fingerprint density at radius 3 is 2.47 bits per heavy atom. The normalized spacial score (nSPS) is 13.5. The van der Waals surface area contributed by atoms with Gasteiger partial charge in [0.15, 0.2) is 0 Å². The van der Waals surface area contributed by atoms with Gasteiger partial charge in [-0.3, -0.25) is 10.1 Å². The number of hydrogen-bond donors (Lipinski definition) is 1. The van der Waals surface area contributed by atoms with Gasteiger partial charge < -0.3 is 4.90 Å². The molecule has 0 heterocycles. The number of nitrogens with zero attached hydrogens (tertiary/aromatic N) is 1. The fraction of sp³-hybridized carbons (Fsp3) is 0.385. The topological polar surface area (TPSA) is 49.4 Å². The Morgan fingerprint density at radius 2 is 1.95 bits per heavy atom. The molecule has 6 heteroatoms. The summed E-state index contributed by atoms with van der Waals surface area (Å²) in [4.78, 5) is 24.6. The van der Waals surface area contributed by atoms with Gasteiger partial charge in [-0.1, -0.05) is 23.7 Å². The number of alkyl halides is 1. The Kier molecular flexibility index (Phi) is 5.63. The lowest BCUT2D eigenvalue weighted by molar-refractivity contribution is -0.119. The van der Waals surface area contributed by atoms with Gasteiger partial charge in [-0.05, 0) is 31.5 Å². The predicted octanol–water partition coefficient (Wildman–Crippen LogP) is 3.20. The minimum atomic E-state index is -0.751. The van der Waals surface area contributed by atoms with Gasteiger partial charge in [0.1, 0.15) is 5.38 Å². The number of carbonyl (C=O) groups is 2. The van der Waals surface area contributed by atoms with Crippen molar-refractivity contribution in [2.24, 2.45) is 0 Å². The van der Waals surface area contributed by atoms with Gasteiger partial charge in [-0.15, -0.1) is 11.6 Å². The molecule has 0 aliphatic heterocycles. The van der Waals surface area contributed by atoms with E-state index in [0.29, 0.717) is 5.02 Å². The van der Waals surface area contributed by atoms with Crippen LogP contribution in [0.1, 0.15) is 25.5 Å². The molecule has 0 radical (unpaired) electrons. The molecule has 1 N–H and O–H groups in total. The molecular weight excluding hydrogens is 287 g/mol. The smallest absolute Gasteiger partial charge is 0.321 e. The minimum Gasteiger partial charge on any atom is -0.321 e. The van der Waals surface area contributed by atoms with Gasteiger partial charge in [-0.25, -0.2) is 4.79 Å². The van der Waals surface area contributed by atoms with Gasteiger partial charge in [0.2, 0.25) is 5.91 Å². The Bertz CT molecular complexity index is 477. The van der Waals surface area contributed by atoms with E-state index in [1.807, 2.05) is 19.1 Å². The van der Waals surface area contributed by atoms with Crippen LogP contribution in [0.15, 0.2) is 24.3 Å². The molecule has 19 heavy (non-hydrogen) atoms. The van der Waals surface area contributed by atoms with E-state index in [4.69, 9.17) is 23.2 Å². The van der Waals surface area contributed by atoms with Crippen LogP contribution in [0.4, 0.5) is 4.79 Å². The van der Waals surface area contributed by atoms with Crippen molar-refractivity contribution in [1.82, 2.24) is 10.2 Å². The molecule has 1 aromatic rings. The molecule has 2 atom stereocenters. The molecule has 1 aromatic carbocycles. The van der Waals surface area contributed by atoms with Crippen LogP contribution in [0.2, 0.25) is 5.02 Å². The fourth-order valence-corrected chi connectivity index (χ4v) is 1.71. The number of halogens is 2. The summed E-state index contributed by atoms with van der Waals surface area (Å²) in [7, 11) is 1.60. The van der Waals surface area contributed by atoms with Crippen molar-refractivity contribution in [2.45, 2.75) is 25.3 Å². The highest BCUT2D eigenvalue weighted by Gasteiger charge is 2.21. The van der Waals surface area contributed by atoms with Gasteiger partial charge >= 0.3 is 6.03 Å². The highest BCUT2D eigenvalue weighted by Crippen LogP contribution is 2.21. The second kappa shape index (κ2) is 6.78. The summed E-state index contributed by atoms with van der Waals surface area (Å²) in [5, 5.41) is 2.08. The van der Waals surface area contributed by atoms with Gasteiger partial charge in [0, 0.05) is 12.1 Å². The van der Waals surface area contributed by atoms with Gasteiger partial charge in [-0.2, -0.15) is 0 Å². The highest BCUT2D eigenvalue weighted by atomic mass is 35.5. The summed E-state index contributed by atoms with van der Waals surface area (Å²) in [5.41, 5.74) is 0.886. The third kappa shape index (κ3) is 4.40. The molecule has 2 unspecified atom stereocenters. The first-order chi connectivity index (χ1) is 8.82. The zero-order valence-electron chi connectivity index (χ0n) is 11.0.